The van der Waals surface area contributed by atoms with Crippen molar-refractivity contribution in [2.45, 2.75) is 0 Å². The smallest absolute Gasteiger partial charge is 0.337 e. The van der Waals surface area contributed by atoms with Crippen LogP contribution in [0.25, 0.3) is 27.5 Å². The first-order valence-corrected chi connectivity index (χ1v) is 6.92. The van der Waals surface area contributed by atoms with Crippen LogP contribution in [0.5, 0.6) is 0 Å². The van der Waals surface area contributed by atoms with Gasteiger partial charge in [0.2, 0.25) is 0 Å². The number of aromatic carboxylic acids is 1. The highest BCUT2D eigenvalue weighted by Gasteiger charge is 2.15. The summed E-state index contributed by atoms with van der Waals surface area (Å²) in [5.74, 6) is -0.224. The Kier molecular flexibility index (Phi) is 2.69. The molecule has 0 atom stereocenters. The second-order valence-corrected chi connectivity index (χ2v) is 5.12. The van der Waals surface area contributed by atoms with Crippen LogP contribution in [0.2, 0.25) is 0 Å². The zero-order chi connectivity index (χ0) is 15.1. The van der Waals surface area contributed by atoms with E-state index < -0.39 is 5.97 Å². The van der Waals surface area contributed by atoms with E-state index in [2.05, 4.69) is 4.98 Å². The van der Waals surface area contributed by atoms with Crippen LogP contribution in [0.15, 0.2) is 67.0 Å². The van der Waals surface area contributed by atoms with E-state index in [1.807, 2.05) is 59.2 Å². The zero-order valence-corrected chi connectivity index (χ0v) is 11.6. The predicted molar refractivity (Wildman–Crippen MR) is 85.5 cm³/mol. The van der Waals surface area contributed by atoms with E-state index in [0.717, 1.165) is 16.3 Å². The first-order valence-electron chi connectivity index (χ1n) is 6.92. The second kappa shape index (κ2) is 4.70. The van der Waals surface area contributed by atoms with Gasteiger partial charge in [-0.2, -0.15) is 0 Å². The first-order chi connectivity index (χ1) is 10.7. The van der Waals surface area contributed by atoms with Gasteiger partial charge in [0, 0.05) is 23.2 Å². The number of carbonyl (C=O) groups is 1. The Balaban J connectivity index is 2.01. The van der Waals surface area contributed by atoms with Crippen LogP contribution in [0, 0.1) is 0 Å². The molecule has 0 aliphatic carbocycles. The summed E-state index contributed by atoms with van der Waals surface area (Å²) in [4.78, 5) is 15.9. The fourth-order valence-corrected chi connectivity index (χ4v) is 2.74. The number of hydrogen-bond acceptors (Lipinski definition) is 2. The Morgan fingerprint density at radius 3 is 2.55 bits per heavy atom. The number of hydrogen-bond donors (Lipinski definition) is 1. The number of carboxylic acids is 1. The van der Waals surface area contributed by atoms with Crippen molar-refractivity contribution >= 4 is 27.6 Å². The summed E-state index contributed by atoms with van der Waals surface area (Å²) in [5.41, 5.74) is 1.12. The lowest BCUT2D eigenvalue weighted by Crippen LogP contribution is -1.97. The van der Waals surface area contributed by atoms with Crippen LogP contribution in [0.4, 0.5) is 0 Å². The van der Waals surface area contributed by atoms with Crippen LogP contribution >= 0.6 is 0 Å². The maximum Gasteiger partial charge on any atom is 0.337 e. The van der Waals surface area contributed by atoms with Crippen LogP contribution in [0.1, 0.15) is 10.4 Å². The Labute approximate surface area is 126 Å². The monoisotopic (exact) mass is 288 g/mol. The van der Waals surface area contributed by atoms with E-state index in [1.54, 1.807) is 12.4 Å². The summed E-state index contributed by atoms with van der Waals surface area (Å²) in [5, 5.41) is 12.2. The van der Waals surface area contributed by atoms with Crippen LogP contribution in [-0.4, -0.2) is 20.6 Å². The second-order valence-electron chi connectivity index (χ2n) is 5.12. The summed E-state index contributed by atoms with van der Waals surface area (Å²) in [6, 6.07) is 17.4. The van der Waals surface area contributed by atoms with Gasteiger partial charge in [0.25, 0.3) is 0 Å². The van der Waals surface area contributed by atoms with Crippen LogP contribution < -0.4 is 0 Å². The van der Waals surface area contributed by atoms with Gasteiger partial charge in [0.15, 0.2) is 0 Å². The quantitative estimate of drug-likeness (QED) is 0.609. The maximum atomic E-state index is 11.4. The molecule has 1 N–H and O–H groups in total. The van der Waals surface area contributed by atoms with Gasteiger partial charge >= 0.3 is 5.97 Å². The minimum atomic E-state index is -0.935. The zero-order valence-electron chi connectivity index (χ0n) is 11.6. The van der Waals surface area contributed by atoms with Crippen molar-refractivity contribution < 1.29 is 9.90 Å². The molecule has 4 rings (SSSR count). The molecule has 0 spiro atoms. The lowest BCUT2D eigenvalue weighted by atomic mass is 10.2. The molecule has 0 fully saturated rings. The molecule has 2 aromatic heterocycles. The Hall–Kier alpha value is -3.14. The molecule has 4 nitrogen and oxygen atoms in total. The first kappa shape index (κ1) is 12.6. The number of pyridine rings is 1. The average Bonchev–Trinajstić information content (AvgIpc) is 2.94. The van der Waals surface area contributed by atoms with Crippen molar-refractivity contribution in [1.29, 1.82) is 0 Å². The van der Waals surface area contributed by atoms with Gasteiger partial charge in [-0.25, -0.2) is 9.78 Å². The van der Waals surface area contributed by atoms with Gasteiger partial charge in [-0.15, -0.1) is 0 Å². The third-order valence-corrected chi connectivity index (χ3v) is 3.81. The number of carboxylic acid groups (broad SMARTS) is 1. The molecule has 0 unspecified atom stereocenters. The Morgan fingerprint density at radius 1 is 1.00 bits per heavy atom. The topological polar surface area (TPSA) is 55.1 Å². The maximum absolute atomic E-state index is 11.4. The van der Waals surface area contributed by atoms with Crippen molar-refractivity contribution in [2.75, 3.05) is 0 Å². The van der Waals surface area contributed by atoms with Gasteiger partial charge in [-0.3, -0.25) is 0 Å². The molecule has 0 aliphatic heterocycles. The molecule has 0 saturated carbocycles. The standard InChI is InChI=1S/C18H12N2O2/c21-18(22)15-11-20(16-8-4-3-7-14(15)16)17-9-12-5-1-2-6-13(12)10-19-17/h1-11H,(H,21,22). The minimum absolute atomic E-state index is 0.283. The van der Waals surface area contributed by atoms with E-state index in [4.69, 9.17) is 0 Å². The van der Waals surface area contributed by atoms with E-state index in [0.29, 0.717) is 11.2 Å². The third kappa shape index (κ3) is 1.85. The van der Waals surface area contributed by atoms with Crippen molar-refractivity contribution in [3.8, 4) is 5.82 Å². The lowest BCUT2D eigenvalue weighted by Gasteiger charge is -2.05. The average molecular weight is 288 g/mol. The minimum Gasteiger partial charge on any atom is -0.478 e. The molecule has 2 aromatic carbocycles. The SMILES string of the molecule is O=C(O)c1cn(-c2cc3ccccc3cn2)c2ccccc12. The molecular formula is C18H12N2O2. The summed E-state index contributed by atoms with van der Waals surface area (Å²) >= 11 is 0. The molecule has 106 valence electrons. The van der Waals surface area contributed by atoms with E-state index in [9.17, 15) is 9.90 Å². The van der Waals surface area contributed by atoms with E-state index in [1.165, 1.54) is 0 Å². The van der Waals surface area contributed by atoms with E-state index in [-0.39, 0.29) is 5.56 Å². The Bertz CT molecular complexity index is 1020. The lowest BCUT2D eigenvalue weighted by molar-refractivity contribution is 0.0699. The molecule has 0 radical (unpaired) electrons. The number of rotatable bonds is 2. The largest absolute Gasteiger partial charge is 0.478 e. The molecular weight excluding hydrogens is 276 g/mol. The van der Waals surface area contributed by atoms with Gasteiger partial charge in [-0.05, 0) is 17.5 Å². The highest BCUT2D eigenvalue weighted by molar-refractivity contribution is 6.04. The van der Waals surface area contributed by atoms with Crippen molar-refractivity contribution in [2.24, 2.45) is 0 Å². The fraction of sp³-hybridized carbons (Fsp3) is 0. The molecule has 0 bridgehead atoms. The molecule has 22 heavy (non-hydrogen) atoms. The van der Waals surface area contributed by atoms with Gasteiger partial charge in [0.1, 0.15) is 5.82 Å². The van der Waals surface area contributed by atoms with Crippen molar-refractivity contribution in [1.82, 2.24) is 9.55 Å². The van der Waals surface area contributed by atoms with E-state index >= 15 is 0 Å². The Morgan fingerprint density at radius 2 is 1.73 bits per heavy atom. The molecule has 0 aliphatic rings. The third-order valence-electron chi connectivity index (χ3n) is 3.81. The van der Waals surface area contributed by atoms with Crippen molar-refractivity contribution in [3.05, 3.63) is 72.6 Å². The molecule has 4 heteroatoms. The number of benzene rings is 2. The molecule has 4 aromatic rings. The van der Waals surface area contributed by atoms with Gasteiger partial charge < -0.3 is 9.67 Å². The molecule has 0 saturated heterocycles. The number of nitrogens with zero attached hydrogens (tertiary/aromatic N) is 2. The van der Waals surface area contributed by atoms with Crippen molar-refractivity contribution in [3.63, 3.8) is 0 Å². The number of aromatic nitrogens is 2. The molecule has 0 amide bonds. The highest BCUT2D eigenvalue weighted by Crippen LogP contribution is 2.25. The summed E-state index contributed by atoms with van der Waals surface area (Å²) < 4.78 is 1.82. The number of para-hydroxylation sites is 1. The van der Waals surface area contributed by atoms with Gasteiger partial charge in [0.05, 0.1) is 11.1 Å². The fourth-order valence-electron chi connectivity index (χ4n) is 2.74. The molecule has 2 heterocycles. The highest BCUT2D eigenvalue weighted by atomic mass is 16.4. The van der Waals surface area contributed by atoms with Crippen LogP contribution in [-0.2, 0) is 0 Å². The predicted octanol–water partition coefficient (Wildman–Crippen LogP) is 3.88. The summed E-state index contributed by atoms with van der Waals surface area (Å²) in [7, 11) is 0. The normalized spacial score (nSPS) is 11.1. The summed E-state index contributed by atoms with van der Waals surface area (Å²) in [6.45, 7) is 0. The van der Waals surface area contributed by atoms with Crippen LogP contribution in [0.3, 0.4) is 0 Å². The summed E-state index contributed by atoms with van der Waals surface area (Å²) in [6.07, 6.45) is 3.43. The van der Waals surface area contributed by atoms with Gasteiger partial charge in [-0.1, -0.05) is 42.5 Å². The number of fused-ring (bicyclic) bond motifs is 2.